The van der Waals surface area contributed by atoms with E-state index in [1.165, 1.54) is 12.7 Å². The number of fused-ring (bicyclic) bond motifs is 2. The lowest BCUT2D eigenvalue weighted by Gasteiger charge is -2.48. The molecule has 3 atom stereocenters. The van der Waals surface area contributed by atoms with Crippen LogP contribution in [0.4, 0.5) is 5.69 Å². The minimum Gasteiger partial charge on any atom is -0.506 e. The number of hydrogen-bond donors (Lipinski definition) is 4. The molecule has 2 bridgehead atoms. The van der Waals surface area contributed by atoms with Gasteiger partial charge in [-0.2, -0.15) is 8.42 Å². The summed E-state index contributed by atoms with van der Waals surface area (Å²) in [5.41, 5.74) is 4.66. The normalized spacial score (nSPS) is 30.2. The lowest BCUT2D eigenvalue weighted by atomic mass is 9.62. The quantitative estimate of drug-likeness (QED) is 0.225. The number of anilines is 1. The average Bonchev–Trinajstić information content (AvgIpc) is 3.23. The van der Waals surface area contributed by atoms with E-state index in [2.05, 4.69) is 29.3 Å². The first-order chi connectivity index (χ1) is 14.1. The van der Waals surface area contributed by atoms with Gasteiger partial charge in [-0.15, -0.1) is 0 Å². The molecule has 0 saturated carbocycles. The van der Waals surface area contributed by atoms with E-state index < -0.39 is 10.4 Å². The summed E-state index contributed by atoms with van der Waals surface area (Å²) in [6.45, 7) is 3.97. The van der Waals surface area contributed by atoms with Crippen molar-refractivity contribution < 1.29 is 32.2 Å². The van der Waals surface area contributed by atoms with Gasteiger partial charge in [-0.3, -0.25) is 14.0 Å². The summed E-state index contributed by atoms with van der Waals surface area (Å²) < 4.78 is 36.8. The maximum atomic E-state index is 12.8. The van der Waals surface area contributed by atoms with Crippen LogP contribution in [0.2, 0.25) is 0 Å². The molecule has 5 rings (SSSR count). The van der Waals surface area contributed by atoms with E-state index in [4.69, 9.17) is 22.3 Å². The predicted octanol–water partition coefficient (Wildman–Crippen LogP) is 1.88. The zero-order valence-corrected chi connectivity index (χ0v) is 17.4. The molecule has 30 heavy (non-hydrogen) atoms. The molecule has 162 valence electrons. The number of nitrogens with zero attached hydrogens (tertiary/aromatic N) is 1. The molecule has 0 aromatic heterocycles. The standard InChI is InChI=1S/C20H22N2O3.H2O4S/c1-3-11-10-22-8-7-20-13-5-4-6-14(23)17(13)21-18(20)16(19(24)25-2)12(11)9-15(20)22;1-5(2,3)4/h3-6,12,15,21,23H,7-10H2,1-2H3;(H2,1,2,3,4)/b11-3-;/t12-,15-,20+;/m0./s1. The first kappa shape index (κ1) is 20.9. The van der Waals surface area contributed by atoms with Crippen molar-refractivity contribution in [2.45, 2.75) is 31.2 Å². The predicted molar refractivity (Wildman–Crippen MR) is 108 cm³/mol. The molecule has 4 N–H and O–H groups in total. The molecule has 10 heteroatoms. The third-order valence-electron chi connectivity index (χ3n) is 6.71. The highest BCUT2D eigenvalue weighted by Gasteiger charge is 2.62. The van der Waals surface area contributed by atoms with Crippen LogP contribution in [0.5, 0.6) is 5.75 Å². The second kappa shape index (κ2) is 7.09. The van der Waals surface area contributed by atoms with Crippen LogP contribution in [0.25, 0.3) is 0 Å². The Morgan fingerprint density at radius 2 is 2.07 bits per heavy atom. The molecule has 0 radical (unpaired) electrons. The van der Waals surface area contributed by atoms with Gasteiger partial charge >= 0.3 is 16.4 Å². The van der Waals surface area contributed by atoms with E-state index in [9.17, 15) is 9.90 Å². The largest absolute Gasteiger partial charge is 0.506 e. The van der Waals surface area contributed by atoms with E-state index in [1.807, 2.05) is 6.07 Å². The van der Waals surface area contributed by atoms with Crippen LogP contribution >= 0.6 is 0 Å². The third-order valence-corrected chi connectivity index (χ3v) is 6.71. The van der Waals surface area contributed by atoms with Crippen molar-refractivity contribution in [3.8, 4) is 5.75 Å². The van der Waals surface area contributed by atoms with E-state index in [1.54, 1.807) is 6.07 Å². The Labute approximate surface area is 174 Å². The van der Waals surface area contributed by atoms with Gasteiger partial charge in [0.05, 0.1) is 23.8 Å². The lowest BCUT2D eigenvalue weighted by molar-refractivity contribution is -0.137. The Morgan fingerprint density at radius 3 is 2.70 bits per heavy atom. The fourth-order valence-corrected chi connectivity index (χ4v) is 5.67. The summed E-state index contributed by atoms with van der Waals surface area (Å²) in [5.74, 6) is 0.0958. The number of allylic oxidation sites excluding steroid dienone is 1. The van der Waals surface area contributed by atoms with Crippen molar-refractivity contribution in [1.29, 1.82) is 0 Å². The fourth-order valence-electron chi connectivity index (χ4n) is 5.67. The van der Waals surface area contributed by atoms with Crippen molar-refractivity contribution in [3.05, 3.63) is 46.7 Å². The first-order valence-electron chi connectivity index (χ1n) is 9.63. The van der Waals surface area contributed by atoms with Gasteiger partial charge in [-0.1, -0.05) is 23.8 Å². The topological polar surface area (TPSA) is 136 Å². The third kappa shape index (κ3) is 3.02. The van der Waals surface area contributed by atoms with Crippen molar-refractivity contribution in [3.63, 3.8) is 0 Å². The highest BCUT2D eigenvalue weighted by Crippen LogP contribution is 2.62. The monoisotopic (exact) mass is 436 g/mol. The Kier molecular flexibility index (Phi) is 4.93. The number of phenolic OH excluding ortho intramolecular Hbond substituents is 1. The minimum absolute atomic E-state index is 0.101. The molecule has 3 heterocycles. The molecule has 1 aliphatic carbocycles. The zero-order chi connectivity index (χ0) is 21.8. The molecule has 3 aliphatic heterocycles. The molecule has 1 aromatic carbocycles. The summed E-state index contributed by atoms with van der Waals surface area (Å²) in [7, 11) is -3.21. The van der Waals surface area contributed by atoms with Gasteiger partial charge in [-0.25, -0.2) is 4.79 Å². The number of carbonyl (C=O) groups excluding carboxylic acids is 1. The Bertz CT molecular complexity index is 1070. The smallest absolute Gasteiger partial charge is 0.394 e. The van der Waals surface area contributed by atoms with Crippen LogP contribution < -0.4 is 5.32 Å². The molecule has 2 fully saturated rings. The Hall–Kier alpha value is -2.40. The Morgan fingerprint density at radius 1 is 1.37 bits per heavy atom. The molecule has 9 nitrogen and oxygen atoms in total. The summed E-state index contributed by atoms with van der Waals surface area (Å²) in [6, 6.07) is 6.06. The molecule has 2 saturated heterocycles. The average molecular weight is 436 g/mol. The summed E-state index contributed by atoms with van der Waals surface area (Å²) in [4.78, 5) is 15.3. The number of piperidine rings is 1. The van der Waals surface area contributed by atoms with Gasteiger partial charge in [0.25, 0.3) is 0 Å². The van der Waals surface area contributed by atoms with Crippen LogP contribution in [-0.4, -0.2) is 59.7 Å². The fraction of sp³-hybridized carbons (Fsp3) is 0.450. The van der Waals surface area contributed by atoms with E-state index in [0.717, 1.165) is 48.5 Å². The number of aromatic hydroxyl groups is 1. The van der Waals surface area contributed by atoms with Gasteiger partial charge < -0.3 is 15.2 Å². The van der Waals surface area contributed by atoms with Crippen LogP contribution in [0.3, 0.4) is 0 Å². The summed E-state index contributed by atoms with van der Waals surface area (Å²) >= 11 is 0. The van der Waals surface area contributed by atoms with Gasteiger partial charge in [0.1, 0.15) is 5.75 Å². The molecular formula is C20H24N2O7S. The number of hydrogen-bond acceptors (Lipinski definition) is 7. The maximum absolute atomic E-state index is 12.8. The molecule has 0 unspecified atom stereocenters. The number of ether oxygens (including phenoxy) is 1. The van der Waals surface area contributed by atoms with E-state index in [0.29, 0.717) is 6.04 Å². The SMILES string of the molecule is C/C=C1/CN2CC[C@]34C(=C(C(=O)OC)[C@H]1C[C@H]23)Nc1c(O)cccc14.O=S(=O)(O)O. The first-order valence-corrected chi connectivity index (χ1v) is 11.0. The number of phenols is 1. The second-order valence-electron chi connectivity index (χ2n) is 7.91. The van der Waals surface area contributed by atoms with Gasteiger partial charge in [0.15, 0.2) is 0 Å². The molecule has 1 aromatic rings. The van der Waals surface area contributed by atoms with Crippen LogP contribution in [0, 0.1) is 5.92 Å². The molecule has 1 spiro atoms. The highest BCUT2D eigenvalue weighted by molar-refractivity contribution is 7.79. The summed E-state index contributed by atoms with van der Waals surface area (Å²) in [5, 5.41) is 13.8. The second-order valence-corrected chi connectivity index (χ2v) is 8.81. The van der Waals surface area contributed by atoms with Gasteiger partial charge in [0, 0.05) is 30.7 Å². The van der Waals surface area contributed by atoms with Crippen molar-refractivity contribution in [1.82, 2.24) is 4.90 Å². The van der Waals surface area contributed by atoms with Crippen molar-refractivity contribution in [2.75, 3.05) is 25.5 Å². The lowest BCUT2D eigenvalue weighted by Crippen LogP contribution is -2.53. The van der Waals surface area contributed by atoms with Gasteiger partial charge in [0.2, 0.25) is 0 Å². The summed E-state index contributed by atoms with van der Waals surface area (Å²) in [6.07, 6.45) is 4.04. The zero-order valence-electron chi connectivity index (χ0n) is 16.6. The number of para-hydroxylation sites is 1. The number of nitrogens with one attached hydrogen (secondary N) is 1. The minimum atomic E-state index is -4.67. The van der Waals surface area contributed by atoms with E-state index >= 15 is 0 Å². The van der Waals surface area contributed by atoms with Crippen LogP contribution in [-0.2, 0) is 25.3 Å². The molecule has 0 amide bonds. The van der Waals surface area contributed by atoms with Crippen LogP contribution in [0.15, 0.2) is 41.1 Å². The van der Waals surface area contributed by atoms with Gasteiger partial charge in [-0.05, 0) is 31.4 Å². The number of methoxy groups -OCH3 is 1. The van der Waals surface area contributed by atoms with Crippen molar-refractivity contribution >= 4 is 22.1 Å². The number of carbonyl (C=O) groups is 1. The van der Waals surface area contributed by atoms with E-state index in [-0.39, 0.29) is 23.1 Å². The number of benzene rings is 1. The Balaban J connectivity index is 0.000000393. The number of esters is 1. The van der Waals surface area contributed by atoms with Crippen LogP contribution in [0.1, 0.15) is 25.3 Å². The molecule has 4 aliphatic rings. The number of rotatable bonds is 1. The molecular weight excluding hydrogens is 412 g/mol. The van der Waals surface area contributed by atoms with Crippen molar-refractivity contribution in [2.24, 2.45) is 5.92 Å². The highest BCUT2D eigenvalue weighted by atomic mass is 32.3. The maximum Gasteiger partial charge on any atom is 0.394 e.